The van der Waals surface area contributed by atoms with Crippen LogP contribution in [0.2, 0.25) is 13.1 Å². The van der Waals surface area contributed by atoms with Gasteiger partial charge in [-0.15, -0.1) is 0 Å². The van der Waals surface area contributed by atoms with Gasteiger partial charge in [0.25, 0.3) is 0 Å². The molecule has 0 aliphatic carbocycles. The van der Waals surface area contributed by atoms with E-state index in [4.69, 9.17) is 19.7 Å². The Morgan fingerprint density at radius 2 is 1.12 bits per heavy atom. The highest BCUT2D eigenvalue weighted by atomic mass is 28.2. The number of rotatable bonds is 4. The largest absolute Gasteiger partial charge is 0.504 e. The van der Waals surface area contributed by atoms with Crippen LogP contribution < -0.4 is 9.47 Å². The van der Waals surface area contributed by atoms with Gasteiger partial charge < -0.3 is 19.7 Å². The van der Waals surface area contributed by atoms with Crippen molar-refractivity contribution < 1.29 is 29.3 Å². The molecule has 0 bridgehead atoms. The summed E-state index contributed by atoms with van der Waals surface area (Å²) in [6.07, 6.45) is 1.39. The van der Waals surface area contributed by atoms with Gasteiger partial charge in [0.15, 0.2) is 23.0 Å². The molecular weight excluding hydrogens is 340 g/mol. The molecule has 6 nitrogen and oxygen atoms in total. The number of aldehydes is 2. The highest BCUT2D eigenvalue weighted by molar-refractivity contribution is 6.31. The van der Waals surface area contributed by atoms with E-state index in [0.717, 1.165) is 0 Å². The van der Waals surface area contributed by atoms with Crippen LogP contribution in [0.1, 0.15) is 20.7 Å². The van der Waals surface area contributed by atoms with Gasteiger partial charge in [-0.3, -0.25) is 9.59 Å². The molecule has 0 unspecified atom stereocenters. The van der Waals surface area contributed by atoms with Crippen molar-refractivity contribution in [1.82, 2.24) is 0 Å². The molecule has 136 valence electrons. The summed E-state index contributed by atoms with van der Waals surface area (Å²) in [6.45, 7) is 4.53. The quantitative estimate of drug-likeness (QED) is 0.640. The van der Waals surface area contributed by atoms with E-state index in [9.17, 15) is 9.59 Å². The van der Waals surface area contributed by atoms with Gasteiger partial charge in [0.05, 0.1) is 14.2 Å². The zero-order valence-corrected chi connectivity index (χ0v) is 16.3. The third-order valence-corrected chi connectivity index (χ3v) is 2.68. The third-order valence-electron chi connectivity index (χ3n) is 2.68. The normalized spacial score (nSPS) is 8.80. The van der Waals surface area contributed by atoms with Crippen LogP contribution in [0.4, 0.5) is 0 Å². The molecule has 0 aromatic heterocycles. The number of methoxy groups -OCH3 is 2. The van der Waals surface area contributed by atoms with Gasteiger partial charge in [-0.2, -0.15) is 0 Å². The summed E-state index contributed by atoms with van der Waals surface area (Å²) < 4.78 is 9.56. The van der Waals surface area contributed by atoms with Crippen molar-refractivity contribution in [2.24, 2.45) is 0 Å². The van der Waals surface area contributed by atoms with Gasteiger partial charge in [0, 0.05) is 20.6 Å². The van der Waals surface area contributed by atoms with Crippen molar-refractivity contribution in [1.29, 1.82) is 0 Å². The van der Waals surface area contributed by atoms with E-state index in [0.29, 0.717) is 44.7 Å². The van der Waals surface area contributed by atoms with E-state index in [2.05, 4.69) is 13.1 Å². The lowest BCUT2D eigenvalue weighted by atomic mass is 10.2. The van der Waals surface area contributed by atoms with E-state index in [-0.39, 0.29) is 11.5 Å². The van der Waals surface area contributed by atoms with Crippen LogP contribution in [-0.4, -0.2) is 46.5 Å². The molecule has 0 aliphatic rings. The molecule has 0 atom stereocenters. The molecule has 7 heteroatoms. The summed E-state index contributed by atoms with van der Waals surface area (Å²) in [5.74, 6) is 0.709. The molecule has 2 N–H and O–H groups in total. The number of phenols is 2. The number of aromatic hydroxyl groups is 2. The Morgan fingerprint density at radius 3 is 1.36 bits per heavy atom. The molecule has 0 amide bonds. The van der Waals surface area contributed by atoms with E-state index >= 15 is 0 Å². The number of benzene rings is 2. The zero-order valence-electron chi connectivity index (χ0n) is 14.9. The highest BCUT2D eigenvalue weighted by Crippen LogP contribution is 2.26. The predicted octanol–water partition coefficient (Wildman–Crippen LogP) is 2.68. The smallest absolute Gasteiger partial charge is 0.161 e. The summed E-state index contributed by atoms with van der Waals surface area (Å²) in [6, 6.07) is 8.82. The molecule has 0 fully saturated rings. The lowest BCUT2D eigenvalue weighted by Crippen LogP contribution is -1.85. The SMILES string of the molecule is COc1cc(C=O)ccc1O.COc1cc(C=O)ccc1O.C[SiH2]C. The lowest BCUT2D eigenvalue weighted by Gasteiger charge is -2.01. The minimum atomic E-state index is 0.0399. The average molecular weight is 364 g/mol. The van der Waals surface area contributed by atoms with Crippen molar-refractivity contribution >= 4 is 22.1 Å². The Hall–Kier alpha value is -2.80. The van der Waals surface area contributed by atoms with Crippen LogP contribution >= 0.6 is 0 Å². The number of hydrogen-bond acceptors (Lipinski definition) is 6. The molecular formula is C18H24O6Si. The molecule has 0 heterocycles. The van der Waals surface area contributed by atoms with Crippen molar-refractivity contribution in [3.8, 4) is 23.0 Å². The predicted molar refractivity (Wildman–Crippen MR) is 100 cm³/mol. The minimum Gasteiger partial charge on any atom is -0.504 e. The Bertz CT molecular complexity index is 615. The van der Waals surface area contributed by atoms with E-state index in [1.165, 1.54) is 50.6 Å². The third kappa shape index (κ3) is 8.03. The Kier molecular flexibility index (Phi) is 11.2. The molecule has 25 heavy (non-hydrogen) atoms. The van der Waals surface area contributed by atoms with Gasteiger partial charge in [0.2, 0.25) is 0 Å². The van der Waals surface area contributed by atoms with Crippen molar-refractivity contribution in [3.63, 3.8) is 0 Å². The van der Waals surface area contributed by atoms with Gasteiger partial charge in [-0.25, -0.2) is 0 Å². The summed E-state index contributed by atoms with van der Waals surface area (Å²) >= 11 is 0. The number of ether oxygens (including phenoxy) is 2. The van der Waals surface area contributed by atoms with Crippen molar-refractivity contribution in [2.45, 2.75) is 13.1 Å². The summed E-state index contributed by atoms with van der Waals surface area (Å²) in [5.41, 5.74) is 0.972. The first kappa shape index (κ1) is 22.2. The average Bonchev–Trinajstić information content (AvgIpc) is 2.64. The molecule has 0 saturated carbocycles. The molecule has 0 aliphatic heterocycles. The zero-order chi connectivity index (χ0) is 19.2. The Morgan fingerprint density at radius 1 is 0.800 bits per heavy atom. The first-order valence-electron chi connectivity index (χ1n) is 7.61. The van der Waals surface area contributed by atoms with E-state index in [1.54, 1.807) is 0 Å². The first-order valence-corrected chi connectivity index (χ1v) is 10.4. The van der Waals surface area contributed by atoms with Crippen molar-refractivity contribution in [2.75, 3.05) is 14.2 Å². The van der Waals surface area contributed by atoms with Crippen molar-refractivity contribution in [3.05, 3.63) is 47.5 Å². The summed E-state index contributed by atoms with van der Waals surface area (Å²) in [7, 11) is 3.28. The van der Waals surface area contributed by atoms with E-state index < -0.39 is 0 Å². The number of carbonyl (C=O) groups excluding carboxylic acids is 2. The fraction of sp³-hybridized carbons (Fsp3) is 0.222. The number of carbonyl (C=O) groups is 2. The summed E-state index contributed by atoms with van der Waals surface area (Å²) in [4.78, 5) is 20.5. The van der Waals surface area contributed by atoms with E-state index in [1.807, 2.05) is 0 Å². The maximum Gasteiger partial charge on any atom is 0.161 e. The van der Waals surface area contributed by atoms with Gasteiger partial charge in [-0.1, -0.05) is 13.1 Å². The first-order chi connectivity index (χ1) is 12.0. The monoisotopic (exact) mass is 364 g/mol. The van der Waals surface area contributed by atoms with Crippen LogP contribution in [-0.2, 0) is 0 Å². The lowest BCUT2D eigenvalue weighted by molar-refractivity contribution is 0.111. The Labute approximate surface area is 149 Å². The summed E-state index contributed by atoms with van der Waals surface area (Å²) in [5, 5.41) is 18.2. The number of hydrogen-bond donors (Lipinski definition) is 2. The van der Waals surface area contributed by atoms with Crippen LogP contribution in [0.25, 0.3) is 0 Å². The molecule has 2 rings (SSSR count). The molecule has 2 aromatic rings. The second-order valence-electron chi connectivity index (χ2n) is 4.81. The molecule has 0 saturated heterocycles. The standard InChI is InChI=1S/2C8H8O3.C2H8Si/c2*1-11-8-4-6(5-9)2-3-7(8)10;1-3-2/h2*2-5,10H,1H3;3H2,1-2H3. The fourth-order valence-corrected chi connectivity index (χ4v) is 1.54. The molecule has 2 aromatic carbocycles. The van der Waals surface area contributed by atoms with Crippen LogP contribution in [0.5, 0.6) is 23.0 Å². The fourth-order valence-electron chi connectivity index (χ4n) is 1.54. The highest BCUT2D eigenvalue weighted by Gasteiger charge is 2.01. The number of phenolic OH excluding ortho intramolecular Hbond substituents is 2. The second-order valence-corrected chi connectivity index (χ2v) is 6.22. The maximum atomic E-state index is 10.2. The molecule has 0 spiro atoms. The van der Waals surface area contributed by atoms with Crippen LogP contribution in [0.15, 0.2) is 36.4 Å². The molecule has 0 radical (unpaired) electrons. The van der Waals surface area contributed by atoms with Gasteiger partial charge >= 0.3 is 0 Å². The maximum absolute atomic E-state index is 10.2. The van der Waals surface area contributed by atoms with Crippen LogP contribution in [0.3, 0.4) is 0 Å². The topological polar surface area (TPSA) is 93.1 Å². The Balaban J connectivity index is 0.000000399. The van der Waals surface area contributed by atoms with Gasteiger partial charge in [0.1, 0.15) is 12.6 Å². The van der Waals surface area contributed by atoms with Crippen LogP contribution in [0, 0.1) is 0 Å². The van der Waals surface area contributed by atoms with Gasteiger partial charge in [-0.05, 0) is 36.4 Å². The minimum absolute atomic E-state index is 0.0399. The second kappa shape index (κ2) is 12.6.